The first kappa shape index (κ1) is 21.9. The molecule has 33 heavy (non-hydrogen) atoms. The Morgan fingerprint density at radius 1 is 1.06 bits per heavy atom. The summed E-state index contributed by atoms with van der Waals surface area (Å²) in [5, 5.41) is 2.78. The van der Waals surface area contributed by atoms with Crippen molar-refractivity contribution in [2.24, 2.45) is 0 Å². The summed E-state index contributed by atoms with van der Waals surface area (Å²) in [5.74, 6) is -0.648. The van der Waals surface area contributed by atoms with Crippen LogP contribution in [0.3, 0.4) is 0 Å². The Morgan fingerprint density at radius 2 is 1.79 bits per heavy atom. The van der Waals surface area contributed by atoms with E-state index in [0.29, 0.717) is 22.4 Å². The van der Waals surface area contributed by atoms with E-state index >= 15 is 0 Å². The second-order valence-electron chi connectivity index (χ2n) is 7.82. The fourth-order valence-corrected chi connectivity index (χ4v) is 3.69. The molecule has 2 N–H and O–H groups in total. The number of amides is 2. The van der Waals surface area contributed by atoms with E-state index in [1.54, 1.807) is 18.2 Å². The number of ketones is 1. The van der Waals surface area contributed by atoms with Gasteiger partial charge in [-0.1, -0.05) is 18.2 Å². The highest BCUT2D eigenvalue weighted by atomic mass is 19.1. The molecule has 0 saturated carbocycles. The molecule has 0 fully saturated rings. The number of nitrogens with one attached hydrogen (secondary N) is 2. The molecule has 8 nitrogen and oxygen atoms in total. The van der Waals surface area contributed by atoms with E-state index in [4.69, 9.17) is 0 Å². The van der Waals surface area contributed by atoms with E-state index < -0.39 is 23.1 Å². The number of aromatic nitrogens is 2. The van der Waals surface area contributed by atoms with E-state index in [0.717, 1.165) is 5.56 Å². The number of rotatable bonds is 5. The smallest absolute Gasteiger partial charge is 0.327 e. The largest absolute Gasteiger partial charge is 0.332 e. The van der Waals surface area contributed by atoms with Crippen molar-refractivity contribution < 1.29 is 14.0 Å². The summed E-state index contributed by atoms with van der Waals surface area (Å²) in [4.78, 5) is 52.6. The number of carbonyl (C=O) groups excluding carboxylic acids is 2. The van der Waals surface area contributed by atoms with E-state index in [9.17, 15) is 23.6 Å². The van der Waals surface area contributed by atoms with Crippen molar-refractivity contribution in [3.63, 3.8) is 0 Å². The van der Waals surface area contributed by atoms with Gasteiger partial charge in [-0.05, 0) is 47.9 Å². The molecule has 1 aromatic heterocycles. The molecule has 1 aliphatic heterocycles. The van der Waals surface area contributed by atoms with Gasteiger partial charge < -0.3 is 10.2 Å². The van der Waals surface area contributed by atoms with Gasteiger partial charge in [0.15, 0.2) is 5.78 Å². The summed E-state index contributed by atoms with van der Waals surface area (Å²) >= 11 is 0. The lowest BCUT2D eigenvalue weighted by Crippen LogP contribution is -2.43. The zero-order chi connectivity index (χ0) is 23.7. The lowest BCUT2D eigenvalue weighted by Gasteiger charge is -2.30. The molecule has 2 amide bonds. The van der Waals surface area contributed by atoms with Crippen molar-refractivity contribution in [2.75, 3.05) is 7.05 Å². The summed E-state index contributed by atoms with van der Waals surface area (Å²) in [6.45, 7) is 1.85. The predicted molar refractivity (Wildman–Crippen MR) is 120 cm³/mol. The fraction of sp³-hybridized carbons (Fsp3) is 0.167. The lowest BCUT2D eigenvalue weighted by atomic mass is 9.91. The number of carbonyl (C=O) groups is 2. The summed E-state index contributed by atoms with van der Waals surface area (Å²) in [5.41, 5.74) is 1.89. The number of benzene rings is 2. The Morgan fingerprint density at radius 3 is 2.48 bits per heavy atom. The van der Waals surface area contributed by atoms with Gasteiger partial charge in [-0.2, -0.15) is 0 Å². The first-order valence-corrected chi connectivity index (χ1v) is 10.2. The van der Waals surface area contributed by atoms with Crippen molar-refractivity contribution >= 4 is 11.8 Å². The van der Waals surface area contributed by atoms with Gasteiger partial charge in [0, 0.05) is 37.5 Å². The monoisotopic (exact) mass is 448 g/mol. The van der Waals surface area contributed by atoms with Crippen LogP contribution in [0, 0.1) is 12.7 Å². The van der Waals surface area contributed by atoms with Crippen molar-refractivity contribution in [3.05, 3.63) is 110 Å². The molecule has 2 aromatic carbocycles. The van der Waals surface area contributed by atoms with Crippen LogP contribution in [0.25, 0.3) is 5.69 Å². The molecule has 0 unspecified atom stereocenters. The number of hydrogen-bond acceptors (Lipinski definition) is 4. The van der Waals surface area contributed by atoms with E-state index in [1.165, 1.54) is 59.2 Å². The molecular formula is C24H21FN4O4. The van der Waals surface area contributed by atoms with Crippen LogP contribution in [0.5, 0.6) is 0 Å². The minimum atomic E-state index is -0.716. The van der Waals surface area contributed by atoms with E-state index in [2.05, 4.69) is 10.3 Å². The minimum Gasteiger partial charge on any atom is -0.327 e. The number of halogens is 1. The zero-order valence-electron chi connectivity index (χ0n) is 18.0. The van der Waals surface area contributed by atoms with Crippen molar-refractivity contribution in [1.29, 1.82) is 0 Å². The second kappa shape index (κ2) is 8.70. The summed E-state index contributed by atoms with van der Waals surface area (Å²) in [6, 6.07) is 11.0. The Balaban J connectivity index is 1.68. The van der Waals surface area contributed by atoms with Crippen LogP contribution in [0.2, 0.25) is 0 Å². The maximum atomic E-state index is 13.4. The molecule has 0 bridgehead atoms. The molecular weight excluding hydrogens is 427 g/mol. The maximum absolute atomic E-state index is 13.4. The van der Waals surface area contributed by atoms with Crippen LogP contribution < -0.4 is 16.6 Å². The number of urea groups is 1. The van der Waals surface area contributed by atoms with Gasteiger partial charge in [0.2, 0.25) is 0 Å². The minimum absolute atomic E-state index is 0.0189. The molecule has 0 radical (unpaired) electrons. The number of nitrogens with zero attached hydrogens (tertiary/aromatic N) is 2. The Kier molecular flexibility index (Phi) is 5.78. The molecule has 4 rings (SSSR count). The number of aromatic amines is 1. The van der Waals surface area contributed by atoms with Gasteiger partial charge in [-0.3, -0.25) is 19.1 Å². The summed E-state index contributed by atoms with van der Waals surface area (Å²) < 4.78 is 14.7. The number of H-pyrrole nitrogens is 1. The van der Waals surface area contributed by atoms with Crippen molar-refractivity contribution in [1.82, 2.24) is 19.8 Å². The van der Waals surface area contributed by atoms with Crippen LogP contribution in [0.15, 0.2) is 76.1 Å². The summed E-state index contributed by atoms with van der Waals surface area (Å²) in [6.07, 6.45) is 2.88. The Labute approximate surface area is 188 Å². The molecule has 2 heterocycles. The van der Waals surface area contributed by atoms with Crippen molar-refractivity contribution in [2.45, 2.75) is 19.4 Å². The summed E-state index contributed by atoms with van der Waals surface area (Å²) in [7, 11) is 1.54. The number of aryl methyl sites for hydroxylation is 1. The molecule has 1 atom stereocenters. The van der Waals surface area contributed by atoms with E-state index in [-0.39, 0.29) is 18.2 Å². The molecule has 1 aliphatic rings. The number of Topliss-reactive ketones (excluding diaryl/α,β-unsaturated/α-hetero) is 1. The highest BCUT2D eigenvalue weighted by Gasteiger charge is 2.30. The SMILES string of the molecule is Cc1ccc(-n2ccc(=O)[nH]c2=O)cc1CC(=O)C1=CN(C)C(=O)N[C@H]1c1ccc(F)cc1. The highest BCUT2D eigenvalue weighted by Crippen LogP contribution is 2.28. The lowest BCUT2D eigenvalue weighted by molar-refractivity contribution is -0.115. The van der Waals surface area contributed by atoms with Gasteiger partial charge in [-0.25, -0.2) is 14.0 Å². The zero-order valence-corrected chi connectivity index (χ0v) is 18.0. The first-order valence-electron chi connectivity index (χ1n) is 10.2. The van der Waals surface area contributed by atoms with Gasteiger partial charge in [0.05, 0.1) is 11.7 Å². The van der Waals surface area contributed by atoms with Gasteiger partial charge in [-0.15, -0.1) is 0 Å². The molecule has 9 heteroatoms. The molecule has 0 spiro atoms. The average Bonchev–Trinajstić information content (AvgIpc) is 2.77. The molecule has 168 valence electrons. The normalized spacial score (nSPS) is 15.7. The predicted octanol–water partition coefficient (Wildman–Crippen LogP) is 2.37. The third kappa shape index (κ3) is 4.52. The molecule has 0 aliphatic carbocycles. The molecule has 3 aromatic rings. The topological polar surface area (TPSA) is 104 Å². The third-order valence-electron chi connectivity index (χ3n) is 5.54. The third-order valence-corrected chi connectivity index (χ3v) is 5.54. The second-order valence-corrected chi connectivity index (χ2v) is 7.82. The molecule has 0 saturated heterocycles. The van der Waals surface area contributed by atoms with Crippen molar-refractivity contribution in [3.8, 4) is 5.69 Å². The first-order chi connectivity index (χ1) is 15.7. The van der Waals surface area contributed by atoms with Crippen LogP contribution in [-0.4, -0.2) is 33.3 Å². The van der Waals surface area contributed by atoms with Gasteiger partial charge in [0.1, 0.15) is 5.82 Å². The van der Waals surface area contributed by atoms with Gasteiger partial charge >= 0.3 is 11.7 Å². The van der Waals surface area contributed by atoms with E-state index in [1.807, 2.05) is 6.92 Å². The van der Waals surface area contributed by atoms with Gasteiger partial charge in [0.25, 0.3) is 5.56 Å². The Hall–Kier alpha value is -4.27. The standard InChI is InChI=1S/C24H21FN4O4/c1-14-3-8-18(29-10-9-21(31)26-24(29)33)11-16(14)12-20(30)19-13-28(2)23(32)27-22(19)15-4-6-17(25)7-5-15/h3-11,13,22H,12H2,1-2H3,(H,27,32)(H,26,31,33)/t22-/m0/s1. The highest BCUT2D eigenvalue weighted by molar-refractivity contribution is 6.00. The average molecular weight is 448 g/mol. The number of hydrogen-bond donors (Lipinski definition) is 2. The van der Waals surface area contributed by atoms with Crippen LogP contribution in [0.4, 0.5) is 9.18 Å². The fourth-order valence-electron chi connectivity index (χ4n) is 3.69. The van der Waals surface area contributed by atoms with Crippen LogP contribution in [0.1, 0.15) is 22.7 Å². The van der Waals surface area contributed by atoms with Crippen LogP contribution in [-0.2, 0) is 11.2 Å². The quantitative estimate of drug-likeness (QED) is 0.625. The maximum Gasteiger partial charge on any atom is 0.332 e. The Bertz CT molecular complexity index is 1390. The van der Waals surface area contributed by atoms with Crippen LogP contribution >= 0.6 is 0 Å².